The number of fused-ring (bicyclic) bond motifs is 2. The topological polar surface area (TPSA) is 108 Å². The number of nitrogens with zero attached hydrogens (tertiary/aromatic N) is 8. The van der Waals surface area contributed by atoms with Gasteiger partial charge in [0.1, 0.15) is 12.1 Å². The van der Waals surface area contributed by atoms with E-state index in [-0.39, 0.29) is 6.04 Å². The summed E-state index contributed by atoms with van der Waals surface area (Å²) in [7, 11) is 0. The number of rotatable bonds is 4. The van der Waals surface area contributed by atoms with Gasteiger partial charge in [-0.3, -0.25) is 0 Å². The van der Waals surface area contributed by atoms with Crippen LogP contribution in [-0.4, -0.2) is 36.5 Å². The second kappa shape index (κ2) is 7.89. The van der Waals surface area contributed by atoms with Crippen LogP contribution in [0, 0.1) is 25.2 Å². The van der Waals surface area contributed by atoms with Gasteiger partial charge in [-0.25, -0.2) is 4.98 Å². The van der Waals surface area contributed by atoms with Crippen LogP contribution in [0.1, 0.15) is 41.2 Å². The molecule has 0 saturated heterocycles. The lowest BCUT2D eigenvalue weighted by Crippen LogP contribution is -2.34. The van der Waals surface area contributed by atoms with Gasteiger partial charge >= 0.3 is 0 Å². The summed E-state index contributed by atoms with van der Waals surface area (Å²) in [6.45, 7) is 8.30. The average Bonchev–Trinajstić information content (AvgIpc) is 3.29. The van der Waals surface area contributed by atoms with Crippen molar-refractivity contribution in [2.75, 3.05) is 16.8 Å². The molecule has 32 heavy (non-hydrogen) atoms. The molecule has 1 aliphatic rings. The Kier molecular flexibility index (Phi) is 4.90. The van der Waals surface area contributed by atoms with Gasteiger partial charge in [0.25, 0.3) is 0 Å². The molecule has 1 atom stereocenters. The number of aromatic nitrogens is 6. The first-order valence-electron chi connectivity index (χ1n) is 10.6. The molecule has 0 unspecified atom stereocenters. The van der Waals surface area contributed by atoms with Crippen LogP contribution in [0.25, 0.3) is 10.8 Å². The number of aryl methyl sites for hydroxylation is 1. The molecule has 0 spiro atoms. The molecule has 5 rings (SSSR count). The maximum atomic E-state index is 9.37. The van der Waals surface area contributed by atoms with E-state index >= 15 is 0 Å². The number of benzene rings is 1. The second-order valence-corrected chi connectivity index (χ2v) is 8.08. The van der Waals surface area contributed by atoms with Crippen molar-refractivity contribution in [3.05, 3.63) is 65.0 Å². The van der Waals surface area contributed by atoms with Crippen molar-refractivity contribution in [2.24, 2.45) is 0 Å². The summed E-state index contributed by atoms with van der Waals surface area (Å²) in [5.74, 6) is 2.50. The minimum atomic E-state index is -0.0475. The first-order valence-corrected chi connectivity index (χ1v) is 10.6. The molecular weight excluding hydrogens is 402 g/mol. The fourth-order valence-electron chi connectivity index (χ4n) is 4.23. The zero-order chi connectivity index (χ0) is 22.2. The molecule has 0 fully saturated rings. The van der Waals surface area contributed by atoms with Gasteiger partial charge in [0.15, 0.2) is 11.6 Å². The van der Waals surface area contributed by atoms with E-state index in [2.05, 4.69) is 54.2 Å². The van der Waals surface area contributed by atoms with Crippen LogP contribution in [0.3, 0.4) is 0 Å². The van der Waals surface area contributed by atoms with E-state index in [0.29, 0.717) is 17.9 Å². The van der Waals surface area contributed by atoms with Crippen LogP contribution in [0.2, 0.25) is 0 Å². The molecular formula is C23H23N9. The Bertz CT molecular complexity index is 1350. The van der Waals surface area contributed by atoms with Crippen molar-refractivity contribution in [3.63, 3.8) is 0 Å². The van der Waals surface area contributed by atoms with E-state index < -0.39 is 0 Å². The molecule has 0 saturated carbocycles. The summed E-state index contributed by atoms with van der Waals surface area (Å²) in [5.41, 5.74) is 3.54. The van der Waals surface area contributed by atoms with Crippen LogP contribution in [0.4, 0.5) is 11.6 Å². The zero-order valence-corrected chi connectivity index (χ0v) is 18.2. The highest BCUT2D eigenvalue weighted by Gasteiger charge is 2.20. The van der Waals surface area contributed by atoms with Crippen LogP contribution < -0.4 is 10.2 Å². The summed E-state index contributed by atoms with van der Waals surface area (Å²) >= 11 is 0. The summed E-state index contributed by atoms with van der Waals surface area (Å²) < 4.78 is 2.07. The summed E-state index contributed by atoms with van der Waals surface area (Å²) in [4.78, 5) is 6.90. The van der Waals surface area contributed by atoms with Gasteiger partial charge in [0.05, 0.1) is 29.9 Å². The van der Waals surface area contributed by atoms with Crippen LogP contribution in [0.15, 0.2) is 36.8 Å². The monoisotopic (exact) mass is 425 g/mol. The van der Waals surface area contributed by atoms with Crippen molar-refractivity contribution >= 4 is 22.4 Å². The smallest absolute Gasteiger partial charge is 0.157 e. The lowest BCUT2D eigenvalue weighted by atomic mass is 9.98. The lowest BCUT2D eigenvalue weighted by molar-refractivity contribution is 0.556. The Morgan fingerprint density at radius 3 is 2.84 bits per heavy atom. The van der Waals surface area contributed by atoms with Crippen molar-refractivity contribution in [1.29, 1.82) is 5.26 Å². The molecule has 160 valence electrons. The first-order chi connectivity index (χ1) is 15.5. The molecule has 9 heteroatoms. The summed E-state index contributed by atoms with van der Waals surface area (Å²) in [6.07, 6.45) is 3.64. The van der Waals surface area contributed by atoms with E-state index in [0.717, 1.165) is 52.3 Å². The Morgan fingerprint density at radius 2 is 2.00 bits per heavy atom. The van der Waals surface area contributed by atoms with Crippen molar-refractivity contribution in [3.8, 4) is 6.07 Å². The van der Waals surface area contributed by atoms with Gasteiger partial charge in [0, 0.05) is 30.1 Å². The van der Waals surface area contributed by atoms with E-state index in [1.807, 2.05) is 38.2 Å². The quantitative estimate of drug-likeness (QED) is 0.531. The number of pyridine rings is 1. The third-order valence-electron chi connectivity index (χ3n) is 6.11. The van der Waals surface area contributed by atoms with Crippen molar-refractivity contribution < 1.29 is 0 Å². The summed E-state index contributed by atoms with van der Waals surface area (Å²) in [6, 6.07) is 10.1. The first kappa shape index (κ1) is 19.9. The molecule has 0 amide bonds. The van der Waals surface area contributed by atoms with Gasteiger partial charge in [-0.2, -0.15) is 10.4 Å². The Labute approximate surface area is 185 Å². The molecule has 1 aromatic carbocycles. The maximum Gasteiger partial charge on any atom is 0.157 e. The van der Waals surface area contributed by atoms with Gasteiger partial charge in [0.2, 0.25) is 0 Å². The SMILES string of the molecule is Cc1c(C#N)cccc1[C@@H](C)Nc1nnc(C)c2cnc(N3CCn4cnnc4C3)cc12. The Morgan fingerprint density at radius 1 is 1.12 bits per heavy atom. The third kappa shape index (κ3) is 3.39. The summed E-state index contributed by atoms with van der Waals surface area (Å²) in [5, 5.41) is 31.8. The fraction of sp³-hybridized carbons (Fsp3) is 0.304. The highest BCUT2D eigenvalue weighted by molar-refractivity contribution is 5.94. The molecule has 3 aromatic heterocycles. The van der Waals surface area contributed by atoms with E-state index in [4.69, 9.17) is 4.98 Å². The normalized spacial score (nSPS) is 14.1. The molecule has 1 aliphatic heterocycles. The number of anilines is 2. The minimum Gasteiger partial charge on any atom is -0.362 e. The number of nitriles is 1. The van der Waals surface area contributed by atoms with E-state index in [1.165, 1.54) is 0 Å². The minimum absolute atomic E-state index is 0.0475. The molecule has 0 radical (unpaired) electrons. The van der Waals surface area contributed by atoms with Gasteiger partial charge < -0.3 is 14.8 Å². The van der Waals surface area contributed by atoms with E-state index in [1.54, 1.807) is 6.33 Å². The highest BCUT2D eigenvalue weighted by Crippen LogP contribution is 2.30. The second-order valence-electron chi connectivity index (χ2n) is 8.08. The number of hydrogen-bond acceptors (Lipinski definition) is 8. The Balaban J connectivity index is 1.50. The van der Waals surface area contributed by atoms with Crippen LogP contribution >= 0.6 is 0 Å². The highest BCUT2D eigenvalue weighted by atomic mass is 15.3. The molecule has 4 aromatic rings. The van der Waals surface area contributed by atoms with Gasteiger partial charge in [-0.1, -0.05) is 12.1 Å². The van der Waals surface area contributed by atoms with Gasteiger partial charge in [-0.05, 0) is 44.0 Å². The average molecular weight is 426 g/mol. The van der Waals surface area contributed by atoms with Crippen molar-refractivity contribution in [2.45, 2.75) is 39.9 Å². The van der Waals surface area contributed by atoms with Crippen LogP contribution in [-0.2, 0) is 13.1 Å². The van der Waals surface area contributed by atoms with Gasteiger partial charge in [-0.15, -0.1) is 15.3 Å². The molecule has 0 aliphatic carbocycles. The van der Waals surface area contributed by atoms with Crippen molar-refractivity contribution in [1.82, 2.24) is 29.9 Å². The number of nitrogens with one attached hydrogen (secondary N) is 1. The van der Waals surface area contributed by atoms with E-state index in [9.17, 15) is 5.26 Å². The Hall–Kier alpha value is -4.06. The standard InChI is InChI=1S/C23H23N9/c1-14-17(10-24)5-4-6-18(14)15(2)27-23-19-9-21(25-11-20(19)16(3)28-30-23)31-7-8-32-13-26-29-22(32)12-31/h4-6,9,11,13,15H,7-8,12H2,1-3H3,(H,27,30)/t15-/m1/s1. The third-order valence-corrected chi connectivity index (χ3v) is 6.11. The molecule has 0 bridgehead atoms. The fourth-order valence-corrected chi connectivity index (χ4v) is 4.23. The predicted octanol–water partition coefficient (Wildman–Crippen LogP) is 3.30. The number of hydrogen-bond donors (Lipinski definition) is 1. The van der Waals surface area contributed by atoms with Crippen LogP contribution in [0.5, 0.6) is 0 Å². The molecule has 9 nitrogen and oxygen atoms in total. The zero-order valence-electron chi connectivity index (χ0n) is 18.2. The molecule has 1 N–H and O–H groups in total. The lowest BCUT2D eigenvalue weighted by Gasteiger charge is -2.28. The largest absolute Gasteiger partial charge is 0.362 e. The maximum absolute atomic E-state index is 9.37. The molecule has 4 heterocycles. The predicted molar refractivity (Wildman–Crippen MR) is 121 cm³/mol.